The smallest absolute Gasteiger partial charge is 0.313 e. The number of aromatic nitrogens is 1. The van der Waals surface area contributed by atoms with Crippen molar-refractivity contribution in [3.05, 3.63) is 57.2 Å². The minimum atomic E-state index is -0.543. The number of hydrogen-bond acceptors (Lipinski definition) is 5. The van der Waals surface area contributed by atoms with E-state index < -0.39 is 4.92 Å². The summed E-state index contributed by atoms with van der Waals surface area (Å²) >= 11 is 5.96. The number of nitro groups is 1. The summed E-state index contributed by atoms with van der Waals surface area (Å²) in [5.74, 6) is 0.240. The maximum absolute atomic E-state index is 11.0. The van der Waals surface area contributed by atoms with E-state index >= 15 is 0 Å². The fourth-order valence-electron chi connectivity index (χ4n) is 1.72. The Hall–Kier alpha value is -2.18. The second-order valence-corrected chi connectivity index (χ2v) is 4.79. The number of nitrogens with zero attached hydrogens (tertiary/aromatic N) is 2. The Bertz CT molecular complexity index is 646. The fourth-order valence-corrected chi connectivity index (χ4v) is 1.93. The maximum atomic E-state index is 11.0. The van der Waals surface area contributed by atoms with Crippen LogP contribution in [0.25, 0.3) is 0 Å². The first-order valence-corrected chi connectivity index (χ1v) is 6.64. The molecule has 0 saturated heterocycles. The van der Waals surface area contributed by atoms with Gasteiger partial charge in [0.1, 0.15) is 0 Å². The Labute approximate surface area is 126 Å². The number of ether oxygens (including phenoxy) is 1. The lowest BCUT2D eigenvalue weighted by molar-refractivity contribution is -0.385. The average Bonchev–Trinajstić information content (AvgIpc) is 2.49. The van der Waals surface area contributed by atoms with Crippen molar-refractivity contribution in [3.63, 3.8) is 0 Å². The molecule has 6 nitrogen and oxygen atoms in total. The van der Waals surface area contributed by atoms with E-state index in [9.17, 15) is 10.1 Å². The second kappa shape index (κ2) is 6.51. The van der Waals surface area contributed by atoms with Gasteiger partial charge in [0.2, 0.25) is 11.6 Å². The quantitative estimate of drug-likeness (QED) is 0.673. The Kier molecular flexibility index (Phi) is 4.72. The summed E-state index contributed by atoms with van der Waals surface area (Å²) in [4.78, 5) is 14.6. The zero-order valence-electron chi connectivity index (χ0n) is 11.5. The van der Waals surface area contributed by atoms with Crippen molar-refractivity contribution in [2.24, 2.45) is 0 Å². The number of hydrogen-bond donors (Lipinski definition) is 1. The number of benzene rings is 1. The predicted octanol–water partition coefficient (Wildman–Crippen LogP) is 3.72. The third-order valence-corrected chi connectivity index (χ3v) is 3.34. The number of pyridine rings is 1. The van der Waals surface area contributed by atoms with E-state index in [1.807, 2.05) is 20.0 Å². The number of nitrogens with one attached hydrogen (secondary N) is 1. The van der Waals surface area contributed by atoms with Gasteiger partial charge in [0.05, 0.1) is 9.95 Å². The highest BCUT2D eigenvalue weighted by atomic mass is 35.5. The first kappa shape index (κ1) is 15.2. The third-order valence-electron chi connectivity index (χ3n) is 3.04. The molecule has 0 saturated carbocycles. The molecule has 2 rings (SSSR count). The van der Waals surface area contributed by atoms with E-state index in [0.717, 1.165) is 5.56 Å². The van der Waals surface area contributed by atoms with E-state index in [1.54, 1.807) is 12.3 Å². The SMILES string of the molecule is CNC(C)c1ccc(Oc2c(Cl)cccc2[N+](=O)[O-])nc1. The highest BCUT2D eigenvalue weighted by Crippen LogP contribution is 2.37. The molecule has 1 N–H and O–H groups in total. The highest BCUT2D eigenvalue weighted by Gasteiger charge is 2.19. The fraction of sp³-hybridized carbons (Fsp3) is 0.214. The van der Waals surface area contributed by atoms with Crippen molar-refractivity contribution in [2.75, 3.05) is 7.05 Å². The van der Waals surface area contributed by atoms with Crippen LogP contribution in [0.4, 0.5) is 5.69 Å². The molecule has 0 amide bonds. The topological polar surface area (TPSA) is 77.3 Å². The predicted molar refractivity (Wildman–Crippen MR) is 79.9 cm³/mol. The minimum absolute atomic E-state index is 0.00826. The molecule has 1 unspecified atom stereocenters. The van der Waals surface area contributed by atoms with Crippen LogP contribution in [0.15, 0.2) is 36.5 Å². The zero-order chi connectivity index (χ0) is 15.4. The van der Waals surface area contributed by atoms with Crippen LogP contribution in [0.5, 0.6) is 11.6 Å². The molecule has 0 aliphatic heterocycles. The van der Waals surface area contributed by atoms with Crippen molar-refractivity contribution >= 4 is 17.3 Å². The van der Waals surface area contributed by atoms with Gasteiger partial charge in [-0.2, -0.15) is 0 Å². The van der Waals surface area contributed by atoms with Gasteiger partial charge in [0.25, 0.3) is 0 Å². The number of para-hydroxylation sites is 1. The Morgan fingerprint density at radius 3 is 2.71 bits per heavy atom. The van der Waals surface area contributed by atoms with Gasteiger partial charge < -0.3 is 10.1 Å². The summed E-state index contributed by atoms with van der Waals surface area (Å²) in [6, 6.07) is 8.00. The standard InChI is InChI=1S/C14H14ClN3O3/c1-9(16-2)10-6-7-13(17-8-10)21-14-11(15)4-3-5-12(14)18(19)20/h3-9,16H,1-2H3. The second-order valence-electron chi connectivity index (χ2n) is 4.39. The van der Waals surface area contributed by atoms with Gasteiger partial charge in [0.15, 0.2) is 0 Å². The Morgan fingerprint density at radius 2 is 2.14 bits per heavy atom. The summed E-state index contributed by atoms with van der Waals surface area (Å²) in [6.45, 7) is 2.00. The summed E-state index contributed by atoms with van der Waals surface area (Å²) in [5, 5.41) is 14.2. The normalized spacial score (nSPS) is 12.0. The average molecular weight is 308 g/mol. The Balaban J connectivity index is 2.28. The van der Waals surface area contributed by atoms with Crippen molar-refractivity contribution in [2.45, 2.75) is 13.0 Å². The summed E-state index contributed by atoms with van der Waals surface area (Å²) in [7, 11) is 1.85. The monoisotopic (exact) mass is 307 g/mol. The Morgan fingerprint density at radius 1 is 1.38 bits per heavy atom. The van der Waals surface area contributed by atoms with Crippen LogP contribution in [0.2, 0.25) is 5.02 Å². The molecular weight excluding hydrogens is 294 g/mol. The van der Waals surface area contributed by atoms with E-state index in [2.05, 4.69) is 10.3 Å². The molecule has 110 valence electrons. The lowest BCUT2D eigenvalue weighted by Gasteiger charge is -2.11. The van der Waals surface area contributed by atoms with Crippen molar-refractivity contribution in [3.8, 4) is 11.6 Å². The van der Waals surface area contributed by atoms with Gasteiger partial charge in [-0.15, -0.1) is 0 Å². The van der Waals surface area contributed by atoms with E-state index in [-0.39, 0.29) is 28.4 Å². The first-order chi connectivity index (χ1) is 10.0. The molecule has 1 aromatic carbocycles. The van der Waals surface area contributed by atoms with Crippen LogP contribution in [-0.4, -0.2) is 17.0 Å². The molecule has 21 heavy (non-hydrogen) atoms. The van der Waals surface area contributed by atoms with E-state index in [1.165, 1.54) is 18.2 Å². The lowest BCUT2D eigenvalue weighted by Crippen LogP contribution is -2.12. The molecule has 1 atom stereocenters. The first-order valence-electron chi connectivity index (χ1n) is 6.27. The van der Waals surface area contributed by atoms with E-state index in [0.29, 0.717) is 0 Å². The number of halogens is 1. The summed E-state index contributed by atoms with van der Waals surface area (Å²) in [5.41, 5.74) is 0.787. The number of rotatable bonds is 5. The molecule has 7 heteroatoms. The molecule has 2 aromatic rings. The van der Waals surface area contributed by atoms with Crippen LogP contribution < -0.4 is 10.1 Å². The molecule has 0 bridgehead atoms. The van der Waals surface area contributed by atoms with Crippen LogP contribution in [0, 0.1) is 10.1 Å². The highest BCUT2D eigenvalue weighted by molar-refractivity contribution is 6.32. The maximum Gasteiger partial charge on any atom is 0.313 e. The molecule has 0 radical (unpaired) electrons. The van der Waals surface area contributed by atoms with Crippen molar-refractivity contribution in [1.29, 1.82) is 0 Å². The van der Waals surface area contributed by atoms with Gasteiger partial charge in [-0.1, -0.05) is 23.7 Å². The largest absolute Gasteiger partial charge is 0.430 e. The molecule has 1 heterocycles. The third kappa shape index (κ3) is 3.48. The van der Waals surface area contributed by atoms with Crippen LogP contribution in [0.1, 0.15) is 18.5 Å². The van der Waals surface area contributed by atoms with Gasteiger partial charge in [-0.3, -0.25) is 10.1 Å². The van der Waals surface area contributed by atoms with Crippen molar-refractivity contribution < 1.29 is 9.66 Å². The van der Waals surface area contributed by atoms with E-state index in [4.69, 9.17) is 16.3 Å². The molecule has 0 aliphatic carbocycles. The molecule has 0 aliphatic rings. The van der Waals surface area contributed by atoms with Gasteiger partial charge >= 0.3 is 5.69 Å². The molecule has 1 aromatic heterocycles. The zero-order valence-corrected chi connectivity index (χ0v) is 12.3. The van der Waals surface area contributed by atoms with Gasteiger partial charge in [0, 0.05) is 24.4 Å². The van der Waals surface area contributed by atoms with Gasteiger partial charge in [-0.25, -0.2) is 4.98 Å². The minimum Gasteiger partial charge on any atom is -0.430 e. The van der Waals surface area contributed by atoms with Crippen LogP contribution in [-0.2, 0) is 0 Å². The number of nitro benzene ring substituents is 1. The van der Waals surface area contributed by atoms with Crippen LogP contribution >= 0.6 is 11.6 Å². The molecule has 0 fully saturated rings. The molecular formula is C14H14ClN3O3. The van der Waals surface area contributed by atoms with Crippen molar-refractivity contribution in [1.82, 2.24) is 10.3 Å². The summed E-state index contributed by atoms with van der Waals surface area (Å²) in [6.07, 6.45) is 1.65. The van der Waals surface area contributed by atoms with Crippen LogP contribution in [0.3, 0.4) is 0 Å². The summed E-state index contributed by atoms with van der Waals surface area (Å²) < 4.78 is 5.46. The lowest BCUT2D eigenvalue weighted by atomic mass is 10.1. The molecule has 0 spiro atoms. The van der Waals surface area contributed by atoms with Gasteiger partial charge in [-0.05, 0) is 25.6 Å².